The quantitative estimate of drug-likeness (QED) is 0.443. The average molecular weight is 418 g/mol. The lowest BCUT2D eigenvalue weighted by Gasteiger charge is -2.12. The molecule has 1 N–H and O–H groups in total. The van der Waals surface area contributed by atoms with Gasteiger partial charge in [0.05, 0.1) is 18.4 Å². The Hall–Kier alpha value is -3.12. The minimum atomic E-state index is -0.0733. The van der Waals surface area contributed by atoms with Crippen LogP contribution in [0.3, 0.4) is 0 Å². The summed E-state index contributed by atoms with van der Waals surface area (Å²) in [6, 6.07) is 12.0. The van der Waals surface area contributed by atoms with Gasteiger partial charge in [0.1, 0.15) is 10.8 Å². The van der Waals surface area contributed by atoms with E-state index < -0.39 is 0 Å². The van der Waals surface area contributed by atoms with E-state index in [4.69, 9.17) is 9.41 Å². The van der Waals surface area contributed by atoms with Crippen LogP contribution in [-0.2, 0) is 26.4 Å². The molecule has 5 rings (SSSR count). The second-order valence-corrected chi connectivity index (χ2v) is 8.71. The Bertz CT molecular complexity index is 1230. The van der Waals surface area contributed by atoms with E-state index in [2.05, 4.69) is 28.2 Å². The van der Waals surface area contributed by atoms with Crippen molar-refractivity contribution in [3.05, 3.63) is 76.2 Å². The fourth-order valence-corrected chi connectivity index (χ4v) is 5.38. The predicted molar refractivity (Wildman–Crippen MR) is 121 cm³/mol. The summed E-state index contributed by atoms with van der Waals surface area (Å²) >= 11 is 1.66. The van der Waals surface area contributed by atoms with Crippen LogP contribution >= 0.6 is 11.3 Å². The number of aliphatic imine (C=N–C) groups is 1. The number of aryl methyl sites for hydroxylation is 2. The lowest BCUT2D eigenvalue weighted by atomic mass is 9.95. The van der Waals surface area contributed by atoms with Gasteiger partial charge >= 0.3 is 0 Å². The number of fused-ring (bicyclic) bond motifs is 2. The first-order valence-corrected chi connectivity index (χ1v) is 11.1. The highest BCUT2D eigenvalue weighted by Gasteiger charge is 2.25. The van der Waals surface area contributed by atoms with E-state index >= 15 is 0 Å². The van der Waals surface area contributed by atoms with Crippen molar-refractivity contribution < 1.29 is 9.21 Å². The van der Waals surface area contributed by atoms with Crippen LogP contribution in [0.15, 0.2) is 58.3 Å². The molecule has 0 atom stereocenters. The number of nitrogens with one attached hydrogen (secondary N) is 1. The Labute approximate surface area is 179 Å². The zero-order valence-electron chi connectivity index (χ0n) is 16.9. The number of carbonyl (C=O) groups excluding carboxylic acids is 1. The minimum absolute atomic E-state index is 0.0733. The number of aromatic nitrogens is 1. The number of thiophene rings is 1. The van der Waals surface area contributed by atoms with E-state index in [1.807, 2.05) is 37.5 Å². The van der Waals surface area contributed by atoms with Crippen molar-refractivity contribution >= 4 is 39.4 Å². The van der Waals surface area contributed by atoms with Gasteiger partial charge in [-0.3, -0.25) is 4.79 Å². The molecule has 0 spiro atoms. The third-order valence-corrected chi connectivity index (χ3v) is 6.83. The van der Waals surface area contributed by atoms with Crippen LogP contribution in [0.25, 0.3) is 10.9 Å². The van der Waals surface area contributed by atoms with Crippen LogP contribution in [0, 0.1) is 0 Å². The normalized spacial score (nSPS) is 13.8. The van der Waals surface area contributed by atoms with Gasteiger partial charge in [0, 0.05) is 40.8 Å². The van der Waals surface area contributed by atoms with Gasteiger partial charge < -0.3 is 14.3 Å². The van der Waals surface area contributed by atoms with Crippen LogP contribution in [-0.4, -0.2) is 16.7 Å². The van der Waals surface area contributed by atoms with Crippen molar-refractivity contribution in [1.82, 2.24) is 9.88 Å². The van der Waals surface area contributed by atoms with E-state index in [9.17, 15) is 4.79 Å². The summed E-state index contributed by atoms with van der Waals surface area (Å²) in [6.07, 6.45) is 9.86. The molecular formula is C24H23N3O2S. The summed E-state index contributed by atoms with van der Waals surface area (Å²) in [4.78, 5) is 19.2. The number of nitrogens with zero attached hydrogens (tertiary/aromatic N) is 2. The van der Waals surface area contributed by atoms with Crippen LogP contribution < -0.4 is 5.32 Å². The van der Waals surface area contributed by atoms with E-state index in [1.54, 1.807) is 17.6 Å². The summed E-state index contributed by atoms with van der Waals surface area (Å²) < 4.78 is 7.45. The Morgan fingerprint density at radius 1 is 1.23 bits per heavy atom. The van der Waals surface area contributed by atoms with E-state index in [0.29, 0.717) is 6.54 Å². The van der Waals surface area contributed by atoms with E-state index in [0.717, 1.165) is 46.5 Å². The summed E-state index contributed by atoms with van der Waals surface area (Å²) in [6.45, 7) is 0.378. The van der Waals surface area contributed by atoms with Crippen molar-refractivity contribution in [3.8, 4) is 0 Å². The van der Waals surface area contributed by atoms with Gasteiger partial charge in [0.25, 0.3) is 5.91 Å². The van der Waals surface area contributed by atoms with Crippen LogP contribution in [0.1, 0.15) is 45.0 Å². The summed E-state index contributed by atoms with van der Waals surface area (Å²) in [5, 5.41) is 4.96. The Morgan fingerprint density at radius 3 is 2.97 bits per heavy atom. The topological polar surface area (TPSA) is 59.5 Å². The number of hydrogen-bond acceptors (Lipinski definition) is 4. The summed E-state index contributed by atoms with van der Waals surface area (Å²) in [7, 11) is 2.04. The van der Waals surface area contributed by atoms with Crippen molar-refractivity contribution in [1.29, 1.82) is 0 Å². The molecule has 4 aromatic rings. The average Bonchev–Trinajstić information content (AvgIpc) is 3.48. The first-order valence-electron chi connectivity index (χ1n) is 10.2. The number of hydrogen-bond donors (Lipinski definition) is 1. The molecular weight excluding hydrogens is 394 g/mol. The molecule has 0 fully saturated rings. The monoisotopic (exact) mass is 417 g/mol. The molecule has 6 heteroatoms. The van der Waals surface area contributed by atoms with Gasteiger partial charge in [-0.2, -0.15) is 0 Å². The molecule has 1 aliphatic carbocycles. The SMILES string of the molecule is Cn1cc(/C=N/c2sc3c(c2C(=O)NCc2ccco2)CCCC3)c2ccccc21. The van der Waals surface area contributed by atoms with Crippen molar-refractivity contribution in [2.24, 2.45) is 12.0 Å². The fourth-order valence-electron chi connectivity index (χ4n) is 4.15. The van der Waals surface area contributed by atoms with Gasteiger partial charge in [-0.15, -0.1) is 11.3 Å². The Morgan fingerprint density at radius 2 is 2.10 bits per heavy atom. The van der Waals surface area contributed by atoms with Gasteiger partial charge in [0.15, 0.2) is 0 Å². The van der Waals surface area contributed by atoms with E-state index in [1.165, 1.54) is 22.4 Å². The largest absolute Gasteiger partial charge is 0.467 e. The summed E-state index contributed by atoms with van der Waals surface area (Å²) in [5.41, 5.74) is 4.13. The molecule has 0 unspecified atom stereocenters. The maximum atomic E-state index is 13.1. The highest BCUT2D eigenvalue weighted by molar-refractivity contribution is 7.16. The van der Waals surface area contributed by atoms with Gasteiger partial charge in [-0.05, 0) is 49.4 Å². The molecule has 1 amide bonds. The summed E-state index contributed by atoms with van der Waals surface area (Å²) in [5.74, 6) is 0.670. The number of para-hydroxylation sites is 1. The Balaban J connectivity index is 1.49. The van der Waals surface area contributed by atoms with Crippen LogP contribution in [0.4, 0.5) is 5.00 Å². The molecule has 0 bridgehead atoms. The zero-order valence-corrected chi connectivity index (χ0v) is 17.7. The molecule has 0 saturated carbocycles. The first-order chi connectivity index (χ1) is 14.7. The predicted octanol–water partition coefficient (Wildman–Crippen LogP) is 5.39. The molecule has 0 aliphatic heterocycles. The third-order valence-electron chi connectivity index (χ3n) is 5.63. The minimum Gasteiger partial charge on any atom is -0.467 e. The molecule has 0 saturated heterocycles. The molecule has 0 radical (unpaired) electrons. The molecule has 152 valence electrons. The fraction of sp³-hybridized carbons (Fsp3) is 0.250. The van der Waals surface area contributed by atoms with Crippen LogP contribution in [0.5, 0.6) is 0 Å². The molecule has 3 heterocycles. The molecule has 3 aromatic heterocycles. The molecule has 1 aromatic carbocycles. The maximum absolute atomic E-state index is 13.1. The lowest BCUT2D eigenvalue weighted by molar-refractivity contribution is 0.0948. The van der Waals surface area contributed by atoms with Gasteiger partial charge in [-0.1, -0.05) is 18.2 Å². The van der Waals surface area contributed by atoms with Crippen LogP contribution in [0.2, 0.25) is 0 Å². The smallest absolute Gasteiger partial charge is 0.255 e. The lowest BCUT2D eigenvalue weighted by Crippen LogP contribution is -2.23. The van der Waals surface area contributed by atoms with Gasteiger partial charge in [-0.25, -0.2) is 4.99 Å². The first kappa shape index (κ1) is 18.9. The van der Waals surface area contributed by atoms with Crippen molar-refractivity contribution in [2.45, 2.75) is 32.2 Å². The Kier molecular flexibility index (Phi) is 5.01. The highest BCUT2D eigenvalue weighted by atomic mass is 32.1. The second-order valence-electron chi connectivity index (χ2n) is 7.62. The van der Waals surface area contributed by atoms with Gasteiger partial charge in [0.2, 0.25) is 0 Å². The highest BCUT2D eigenvalue weighted by Crippen LogP contribution is 2.40. The number of amides is 1. The molecule has 5 nitrogen and oxygen atoms in total. The molecule has 1 aliphatic rings. The van der Waals surface area contributed by atoms with Crippen molar-refractivity contribution in [3.63, 3.8) is 0 Å². The molecule has 30 heavy (non-hydrogen) atoms. The number of benzene rings is 1. The standard InChI is InChI=1S/C24H23N3O2S/c1-27-15-16(18-8-2-4-10-20(18)27)13-26-24-22(19-9-3-5-11-21(19)30-24)23(28)25-14-17-7-6-12-29-17/h2,4,6-8,10,12-13,15H,3,5,9,11,14H2,1H3,(H,25,28)/b26-13+. The number of furan rings is 1. The number of carbonyl (C=O) groups is 1. The second kappa shape index (κ2) is 7.95. The number of rotatable bonds is 5. The van der Waals surface area contributed by atoms with Crippen molar-refractivity contribution in [2.75, 3.05) is 0 Å². The zero-order chi connectivity index (χ0) is 20.5. The third kappa shape index (κ3) is 3.48. The maximum Gasteiger partial charge on any atom is 0.255 e. The van der Waals surface area contributed by atoms with E-state index in [-0.39, 0.29) is 5.91 Å².